The molecule has 0 aliphatic carbocycles. The Morgan fingerprint density at radius 1 is 1.21 bits per heavy atom. The summed E-state index contributed by atoms with van der Waals surface area (Å²) in [5.41, 5.74) is 2.87. The van der Waals surface area contributed by atoms with Gasteiger partial charge in [0.1, 0.15) is 5.75 Å². The number of fused-ring (bicyclic) bond motifs is 1. The van der Waals surface area contributed by atoms with Gasteiger partial charge in [-0.3, -0.25) is 0 Å². The molecule has 0 fully saturated rings. The molecular formula is C13H20O. The first kappa shape index (κ1) is 11.1. The fourth-order valence-electron chi connectivity index (χ4n) is 1.79. The summed E-state index contributed by atoms with van der Waals surface area (Å²) in [6.07, 6.45) is 1.09. The first-order chi connectivity index (χ1) is 6.79. The van der Waals surface area contributed by atoms with E-state index in [-0.39, 0.29) is 0 Å². The molecule has 0 bridgehead atoms. The molecule has 0 amide bonds. The summed E-state index contributed by atoms with van der Waals surface area (Å²) in [7, 11) is 0. The zero-order valence-electron chi connectivity index (χ0n) is 9.63. The lowest BCUT2D eigenvalue weighted by molar-refractivity contribution is 0.357. The Hall–Kier alpha value is -0.980. The molecule has 1 nitrogen and oxygen atoms in total. The second-order valence-corrected chi connectivity index (χ2v) is 3.58. The quantitative estimate of drug-likeness (QED) is 0.658. The highest BCUT2D eigenvalue weighted by atomic mass is 16.5. The highest BCUT2D eigenvalue weighted by molar-refractivity contribution is 5.44. The van der Waals surface area contributed by atoms with Crippen LogP contribution in [0.2, 0.25) is 0 Å². The van der Waals surface area contributed by atoms with Crippen LogP contribution in [0, 0.1) is 0 Å². The lowest BCUT2D eigenvalue weighted by atomic mass is 9.96. The summed E-state index contributed by atoms with van der Waals surface area (Å²) in [5, 5.41) is 0. The van der Waals surface area contributed by atoms with E-state index in [1.807, 2.05) is 13.8 Å². The first-order valence-corrected chi connectivity index (χ1v) is 5.53. The first-order valence-electron chi connectivity index (χ1n) is 5.53. The van der Waals surface area contributed by atoms with E-state index >= 15 is 0 Å². The third-order valence-corrected chi connectivity index (χ3v) is 2.40. The van der Waals surface area contributed by atoms with Crippen molar-refractivity contribution in [2.24, 2.45) is 0 Å². The summed E-state index contributed by atoms with van der Waals surface area (Å²) < 4.78 is 5.49. The predicted molar refractivity (Wildman–Crippen MR) is 61.1 cm³/mol. The summed E-state index contributed by atoms with van der Waals surface area (Å²) >= 11 is 0. The minimum absolute atomic E-state index is 0.613. The predicted octanol–water partition coefficient (Wildman–Crippen LogP) is 3.77. The molecule has 0 saturated carbocycles. The van der Waals surface area contributed by atoms with E-state index in [1.165, 1.54) is 11.1 Å². The van der Waals surface area contributed by atoms with Gasteiger partial charge >= 0.3 is 0 Å². The highest BCUT2D eigenvalue weighted by Crippen LogP contribution is 2.31. The van der Waals surface area contributed by atoms with Gasteiger partial charge in [0.05, 0.1) is 6.61 Å². The molecule has 14 heavy (non-hydrogen) atoms. The molecule has 1 aliphatic heterocycles. The van der Waals surface area contributed by atoms with E-state index < -0.39 is 0 Å². The monoisotopic (exact) mass is 192 g/mol. The molecule has 0 unspecified atom stereocenters. The molecule has 2 rings (SSSR count). The second-order valence-electron chi connectivity index (χ2n) is 3.58. The SMILES string of the molecule is CC.CC(C)c1cccc2c1CCO2. The van der Waals surface area contributed by atoms with Crippen molar-refractivity contribution in [2.45, 2.75) is 40.0 Å². The topological polar surface area (TPSA) is 9.23 Å². The summed E-state index contributed by atoms with van der Waals surface area (Å²) in [6.45, 7) is 9.32. The Balaban J connectivity index is 0.000000461. The molecule has 1 aromatic carbocycles. The fraction of sp³-hybridized carbons (Fsp3) is 0.538. The van der Waals surface area contributed by atoms with Crippen molar-refractivity contribution in [2.75, 3.05) is 6.61 Å². The average Bonchev–Trinajstić information content (AvgIpc) is 2.67. The van der Waals surface area contributed by atoms with Gasteiger partial charge < -0.3 is 4.74 Å². The maximum atomic E-state index is 5.49. The smallest absolute Gasteiger partial charge is 0.122 e. The molecule has 1 heterocycles. The fourth-order valence-corrected chi connectivity index (χ4v) is 1.79. The van der Waals surface area contributed by atoms with E-state index in [1.54, 1.807) is 0 Å². The van der Waals surface area contributed by atoms with Crippen LogP contribution in [0.25, 0.3) is 0 Å². The Morgan fingerprint density at radius 3 is 2.57 bits per heavy atom. The summed E-state index contributed by atoms with van der Waals surface area (Å²) in [4.78, 5) is 0. The van der Waals surface area contributed by atoms with E-state index in [4.69, 9.17) is 4.74 Å². The van der Waals surface area contributed by atoms with Crippen LogP contribution in [-0.2, 0) is 6.42 Å². The zero-order chi connectivity index (χ0) is 10.6. The van der Waals surface area contributed by atoms with E-state index in [0.717, 1.165) is 18.8 Å². The number of rotatable bonds is 1. The minimum atomic E-state index is 0.613. The number of benzene rings is 1. The van der Waals surface area contributed by atoms with Gasteiger partial charge in [0.2, 0.25) is 0 Å². The van der Waals surface area contributed by atoms with Crippen molar-refractivity contribution < 1.29 is 4.74 Å². The van der Waals surface area contributed by atoms with Crippen molar-refractivity contribution in [3.8, 4) is 5.75 Å². The van der Waals surface area contributed by atoms with Crippen molar-refractivity contribution in [3.05, 3.63) is 29.3 Å². The van der Waals surface area contributed by atoms with Gasteiger partial charge in [-0.2, -0.15) is 0 Å². The van der Waals surface area contributed by atoms with Gasteiger partial charge in [-0.25, -0.2) is 0 Å². The molecule has 0 atom stereocenters. The molecule has 1 aliphatic rings. The Bertz CT molecular complexity index is 289. The zero-order valence-corrected chi connectivity index (χ0v) is 9.63. The summed E-state index contributed by atoms with van der Waals surface area (Å²) in [5.74, 6) is 1.71. The van der Waals surface area contributed by atoms with Crippen LogP contribution in [0.3, 0.4) is 0 Å². The third-order valence-electron chi connectivity index (χ3n) is 2.40. The molecular weight excluding hydrogens is 172 g/mol. The van der Waals surface area contributed by atoms with Crippen molar-refractivity contribution >= 4 is 0 Å². The van der Waals surface area contributed by atoms with Crippen LogP contribution in [0.1, 0.15) is 44.7 Å². The molecule has 78 valence electrons. The molecule has 1 aromatic rings. The van der Waals surface area contributed by atoms with Crippen molar-refractivity contribution in [1.29, 1.82) is 0 Å². The van der Waals surface area contributed by atoms with E-state index in [0.29, 0.717) is 5.92 Å². The van der Waals surface area contributed by atoms with E-state index in [9.17, 15) is 0 Å². The second kappa shape index (κ2) is 5.04. The van der Waals surface area contributed by atoms with Crippen LogP contribution >= 0.6 is 0 Å². The van der Waals surface area contributed by atoms with Gasteiger partial charge in [0.15, 0.2) is 0 Å². The average molecular weight is 192 g/mol. The number of ether oxygens (including phenoxy) is 1. The van der Waals surface area contributed by atoms with Crippen LogP contribution in [0.15, 0.2) is 18.2 Å². The van der Waals surface area contributed by atoms with Crippen LogP contribution in [0.5, 0.6) is 5.75 Å². The summed E-state index contributed by atoms with van der Waals surface area (Å²) in [6, 6.07) is 6.35. The van der Waals surface area contributed by atoms with Gasteiger partial charge in [0.25, 0.3) is 0 Å². The highest BCUT2D eigenvalue weighted by Gasteiger charge is 2.16. The third kappa shape index (κ3) is 2.09. The van der Waals surface area contributed by atoms with Gasteiger partial charge in [0, 0.05) is 12.0 Å². The molecule has 0 radical (unpaired) electrons. The maximum absolute atomic E-state index is 5.49. The molecule has 0 saturated heterocycles. The standard InChI is InChI=1S/C11H14O.C2H6/c1-8(2)9-4-3-5-11-10(9)6-7-12-11;1-2/h3-5,8H,6-7H2,1-2H3;1-2H3. The van der Waals surface area contributed by atoms with Crippen LogP contribution in [-0.4, -0.2) is 6.61 Å². The molecule has 0 spiro atoms. The van der Waals surface area contributed by atoms with Crippen molar-refractivity contribution in [1.82, 2.24) is 0 Å². The number of hydrogen-bond donors (Lipinski definition) is 0. The number of hydrogen-bond acceptors (Lipinski definition) is 1. The minimum Gasteiger partial charge on any atom is -0.493 e. The van der Waals surface area contributed by atoms with Gasteiger partial charge in [-0.15, -0.1) is 0 Å². The lowest BCUT2D eigenvalue weighted by Crippen LogP contribution is -1.92. The normalized spacial score (nSPS) is 12.9. The Kier molecular flexibility index (Phi) is 3.99. The molecule has 1 heteroatoms. The molecule has 0 aromatic heterocycles. The molecule has 0 N–H and O–H groups in total. The van der Waals surface area contributed by atoms with Crippen LogP contribution in [0.4, 0.5) is 0 Å². The van der Waals surface area contributed by atoms with Gasteiger partial charge in [-0.1, -0.05) is 39.8 Å². The van der Waals surface area contributed by atoms with Gasteiger partial charge in [-0.05, 0) is 17.5 Å². The van der Waals surface area contributed by atoms with E-state index in [2.05, 4.69) is 32.0 Å². The Morgan fingerprint density at radius 2 is 1.93 bits per heavy atom. The largest absolute Gasteiger partial charge is 0.493 e. The Labute approximate surface area is 87.1 Å². The lowest BCUT2D eigenvalue weighted by Gasteiger charge is -2.09. The maximum Gasteiger partial charge on any atom is 0.122 e. The van der Waals surface area contributed by atoms with Crippen LogP contribution < -0.4 is 4.74 Å². The van der Waals surface area contributed by atoms with Crippen molar-refractivity contribution in [3.63, 3.8) is 0 Å².